The minimum Gasteiger partial charge on any atom is -0.366 e. The normalized spacial score (nSPS) is 13.9. The molecule has 0 aliphatic carbocycles. The van der Waals surface area contributed by atoms with Gasteiger partial charge in [-0.05, 0) is 42.5 Å². The highest BCUT2D eigenvalue weighted by Crippen LogP contribution is 2.29. The molecule has 0 bridgehead atoms. The van der Waals surface area contributed by atoms with Crippen LogP contribution in [0.1, 0.15) is 0 Å². The Morgan fingerprint density at radius 2 is 1.60 bits per heavy atom. The number of hydrogen-bond donors (Lipinski definition) is 0. The topological polar surface area (TPSA) is 58.4 Å². The van der Waals surface area contributed by atoms with Gasteiger partial charge in [0.05, 0.1) is 16.9 Å². The highest BCUT2D eigenvalue weighted by molar-refractivity contribution is 6.31. The number of anilines is 1. The van der Waals surface area contributed by atoms with Crippen LogP contribution in [0, 0.1) is 11.6 Å². The standard InChI is InChI=1S/C26H21ClF2N4O2/c27-17-9-10-22-19(15-17)25(18-5-1-2-6-20(18)28)30-26(35)33(22)16-24(34)32-13-11-31(12-14-32)23-8-4-3-7-21(23)29/h1-10,15H,11-14,16H2. The molecule has 0 radical (unpaired) electrons. The molecule has 1 aromatic heterocycles. The van der Waals surface area contributed by atoms with Gasteiger partial charge in [-0.3, -0.25) is 9.36 Å². The van der Waals surface area contributed by atoms with Crippen LogP contribution >= 0.6 is 11.6 Å². The fourth-order valence-electron chi connectivity index (χ4n) is 4.40. The van der Waals surface area contributed by atoms with Crippen molar-refractivity contribution in [1.82, 2.24) is 14.5 Å². The van der Waals surface area contributed by atoms with Crippen LogP contribution in [0.15, 0.2) is 71.5 Å². The lowest BCUT2D eigenvalue weighted by Gasteiger charge is -2.36. The molecule has 35 heavy (non-hydrogen) atoms. The van der Waals surface area contributed by atoms with Gasteiger partial charge >= 0.3 is 5.69 Å². The maximum Gasteiger partial charge on any atom is 0.349 e. The summed E-state index contributed by atoms with van der Waals surface area (Å²) in [7, 11) is 0. The van der Waals surface area contributed by atoms with E-state index in [-0.39, 0.29) is 29.5 Å². The molecular weight excluding hydrogens is 474 g/mol. The van der Waals surface area contributed by atoms with Gasteiger partial charge in [0.25, 0.3) is 0 Å². The molecule has 4 aromatic rings. The highest BCUT2D eigenvalue weighted by atomic mass is 35.5. The second-order valence-electron chi connectivity index (χ2n) is 8.29. The van der Waals surface area contributed by atoms with Gasteiger partial charge < -0.3 is 9.80 Å². The van der Waals surface area contributed by atoms with E-state index in [4.69, 9.17) is 11.6 Å². The fraction of sp³-hybridized carbons (Fsp3) is 0.192. The average molecular weight is 495 g/mol. The number of carbonyl (C=O) groups excluding carboxylic acids is 1. The van der Waals surface area contributed by atoms with Crippen molar-refractivity contribution in [1.29, 1.82) is 0 Å². The van der Waals surface area contributed by atoms with Crippen LogP contribution in [0.5, 0.6) is 0 Å². The second-order valence-corrected chi connectivity index (χ2v) is 8.73. The number of rotatable bonds is 4. The number of fused-ring (bicyclic) bond motifs is 1. The van der Waals surface area contributed by atoms with Crippen LogP contribution in [-0.4, -0.2) is 46.5 Å². The Morgan fingerprint density at radius 3 is 2.31 bits per heavy atom. The first-order chi connectivity index (χ1) is 16.9. The van der Waals surface area contributed by atoms with E-state index in [1.54, 1.807) is 59.5 Å². The minimum absolute atomic E-state index is 0.174. The number of aromatic nitrogens is 2. The summed E-state index contributed by atoms with van der Waals surface area (Å²) in [5.74, 6) is -1.07. The molecule has 1 amide bonds. The number of piperazine rings is 1. The summed E-state index contributed by atoms with van der Waals surface area (Å²) in [5, 5.41) is 0.872. The van der Waals surface area contributed by atoms with Crippen molar-refractivity contribution in [3.8, 4) is 11.3 Å². The first-order valence-corrected chi connectivity index (χ1v) is 11.5. The number of amides is 1. The third-order valence-corrected chi connectivity index (χ3v) is 6.43. The van der Waals surface area contributed by atoms with Crippen molar-refractivity contribution in [3.05, 3.63) is 93.9 Å². The molecule has 9 heteroatoms. The molecule has 3 aromatic carbocycles. The quantitative estimate of drug-likeness (QED) is 0.423. The summed E-state index contributed by atoms with van der Waals surface area (Å²) in [6.45, 7) is 1.52. The Hall–Kier alpha value is -3.78. The molecule has 178 valence electrons. The first-order valence-electron chi connectivity index (χ1n) is 11.1. The lowest BCUT2D eigenvalue weighted by atomic mass is 10.1. The van der Waals surface area contributed by atoms with Crippen molar-refractivity contribution in [2.45, 2.75) is 6.54 Å². The van der Waals surface area contributed by atoms with Crippen molar-refractivity contribution in [2.24, 2.45) is 0 Å². The van der Waals surface area contributed by atoms with Crippen molar-refractivity contribution >= 4 is 34.1 Å². The second kappa shape index (κ2) is 9.46. The number of hydrogen-bond acceptors (Lipinski definition) is 4. The zero-order valence-electron chi connectivity index (χ0n) is 18.6. The van der Waals surface area contributed by atoms with E-state index in [0.717, 1.165) is 0 Å². The molecule has 2 heterocycles. The largest absolute Gasteiger partial charge is 0.366 e. The molecule has 0 atom stereocenters. The van der Waals surface area contributed by atoms with Crippen LogP contribution in [0.4, 0.5) is 14.5 Å². The van der Waals surface area contributed by atoms with E-state index < -0.39 is 11.5 Å². The van der Waals surface area contributed by atoms with Crippen LogP contribution in [-0.2, 0) is 11.3 Å². The maximum absolute atomic E-state index is 14.5. The summed E-state index contributed by atoms with van der Waals surface area (Å²) < 4.78 is 29.9. The molecule has 1 aliphatic rings. The van der Waals surface area contributed by atoms with Crippen LogP contribution in [0.3, 0.4) is 0 Å². The van der Waals surface area contributed by atoms with Crippen LogP contribution in [0.25, 0.3) is 22.2 Å². The molecule has 1 saturated heterocycles. The van der Waals surface area contributed by atoms with Gasteiger partial charge in [-0.25, -0.2) is 13.6 Å². The third kappa shape index (κ3) is 4.49. The van der Waals surface area contributed by atoms with E-state index >= 15 is 0 Å². The number of halogens is 3. The molecule has 0 spiro atoms. The summed E-state index contributed by atoms with van der Waals surface area (Å²) in [6.07, 6.45) is 0. The summed E-state index contributed by atoms with van der Waals surface area (Å²) >= 11 is 6.20. The van der Waals surface area contributed by atoms with Gasteiger partial charge in [0, 0.05) is 42.2 Å². The first kappa shape index (κ1) is 23.0. The van der Waals surface area contributed by atoms with Gasteiger partial charge in [0.15, 0.2) is 0 Å². The molecule has 0 saturated carbocycles. The lowest BCUT2D eigenvalue weighted by molar-refractivity contribution is -0.132. The summed E-state index contributed by atoms with van der Waals surface area (Å²) in [4.78, 5) is 33.8. The van der Waals surface area contributed by atoms with E-state index in [0.29, 0.717) is 47.8 Å². The highest BCUT2D eigenvalue weighted by Gasteiger charge is 2.24. The zero-order chi connectivity index (χ0) is 24.5. The average Bonchev–Trinajstić information content (AvgIpc) is 2.86. The number of nitrogens with zero attached hydrogens (tertiary/aromatic N) is 4. The van der Waals surface area contributed by atoms with E-state index in [1.165, 1.54) is 16.7 Å². The van der Waals surface area contributed by atoms with Crippen LogP contribution in [0.2, 0.25) is 5.02 Å². The number of carbonyl (C=O) groups is 1. The smallest absolute Gasteiger partial charge is 0.349 e. The van der Waals surface area contributed by atoms with Crippen molar-refractivity contribution < 1.29 is 13.6 Å². The third-order valence-electron chi connectivity index (χ3n) is 6.19. The molecule has 0 N–H and O–H groups in total. The van der Waals surface area contributed by atoms with E-state index in [2.05, 4.69) is 4.98 Å². The molecular formula is C26H21ClF2N4O2. The number of benzene rings is 3. The van der Waals surface area contributed by atoms with Gasteiger partial charge in [0.1, 0.15) is 18.2 Å². The van der Waals surface area contributed by atoms with Crippen molar-refractivity contribution in [2.75, 3.05) is 31.1 Å². The molecule has 1 fully saturated rings. The number of para-hydroxylation sites is 1. The Kier molecular flexibility index (Phi) is 6.21. The van der Waals surface area contributed by atoms with E-state index in [9.17, 15) is 18.4 Å². The van der Waals surface area contributed by atoms with Gasteiger partial charge in [-0.1, -0.05) is 35.9 Å². The predicted octanol–water partition coefficient (Wildman–Crippen LogP) is 4.34. The van der Waals surface area contributed by atoms with Gasteiger partial charge in [-0.15, -0.1) is 0 Å². The Bertz CT molecular complexity index is 1480. The Balaban J connectivity index is 1.42. The Labute approximate surface area is 205 Å². The van der Waals surface area contributed by atoms with Crippen molar-refractivity contribution in [3.63, 3.8) is 0 Å². The molecule has 1 aliphatic heterocycles. The van der Waals surface area contributed by atoms with Gasteiger partial charge in [-0.2, -0.15) is 4.98 Å². The summed E-state index contributed by atoms with van der Waals surface area (Å²) in [5.41, 5.74) is 0.640. The minimum atomic E-state index is -0.656. The van der Waals surface area contributed by atoms with E-state index in [1.807, 2.05) is 4.90 Å². The monoisotopic (exact) mass is 494 g/mol. The molecule has 6 nitrogen and oxygen atoms in total. The fourth-order valence-corrected chi connectivity index (χ4v) is 4.58. The van der Waals surface area contributed by atoms with Crippen LogP contribution < -0.4 is 10.6 Å². The van der Waals surface area contributed by atoms with Gasteiger partial charge in [0.2, 0.25) is 5.91 Å². The Morgan fingerprint density at radius 1 is 0.914 bits per heavy atom. The molecule has 0 unspecified atom stereocenters. The maximum atomic E-state index is 14.5. The zero-order valence-corrected chi connectivity index (χ0v) is 19.4. The SMILES string of the molecule is O=C(Cn1c(=O)nc(-c2ccccc2F)c2cc(Cl)ccc21)N1CCN(c2ccccc2F)CC1. The lowest BCUT2D eigenvalue weighted by Crippen LogP contribution is -2.50. The summed E-state index contributed by atoms with van der Waals surface area (Å²) in [6, 6.07) is 17.5. The predicted molar refractivity (Wildman–Crippen MR) is 132 cm³/mol. The molecule has 5 rings (SSSR count).